The number of rotatable bonds is 9. The van der Waals surface area contributed by atoms with Crippen LogP contribution in [0.15, 0.2) is 255 Å². The van der Waals surface area contributed by atoms with Crippen LogP contribution in [0.4, 0.5) is 34.1 Å². The Morgan fingerprint density at radius 3 is 1.35 bits per heavy atom. The van der Waals surface area contributed by atoms with E-state index >= 15 is 0 Å². The Hall–Kier alpha value is -8.72. The molecule has 0 aromatic heterocycles. The maximum atomic E-state index is 2.63. The van der Waals surface area contributed by atoms with Crippen LogP contribution >= 0.6 is 0 Å². The summed E-state index contributed by atoms with van der Waals surface area (Å²) in [5.41, 5.74) is 26.0. The molecule has 2 heteroatoms. The van der Waals surface area contributed by atoms with Gasteiger partial charge in [0.2, 0.25) is 0 Å². The average molecular weight is 1000 g/mol. The summed E-state index contributed by atoms with van der Waals surface area (Å²) >= 11 is 0. The molecule has 376 valence electrons. The monoisotopic (exact) mass is 1000 g/mol. The van der Waals surface area contributed by atoms with Gasteiger partial charge in [-0.1, -0.05) is 209 Å². The van der Waals surface area contributed by atoms with E-state index < -0.39 is 0 Å². The molecule has 2 nitrogen and oxygen atoms in total. The van der Waals surface area contributed by atoms with Crippen molar-refractivity contribution in [2.24, 2.45) is 11.8 Å². The van der Waals surface area contributed by atoms with E-state index in [0.717, 1.165) is 18.5 Å². The first-order chi connectivity index (χ1) is 38.4. The molecule has 11 aromatic rings. The van der Waals surface area contributed by atoms with Crippen LogP contribution in [0.5, 0.6) is 0 Å². The topological polar surface area (TPSA) is 6.48 Å². The summed E-state index contributed by atoms with van der Waals surface area (Å²) < 4.78 is 0. The van der Waals surface area contributed by atoms with Crippen LogP contribution in [0.25, 0.3) is 55.3 Å². The average Bonchev–Trinajstić information content (AvgIpc) is 3.27. The van der Waals surface area contributed by atoms with Crippen molar-refractivity contribution in [2.45, 2.75) is 63.2 Å². The lowest BCUT2D eigenvalue weighted by Crippen LogP contribution is -2.39. The molecule has 1 spiro atoms. The van der Waals surface area contributed by atoms with Crippen molar-refractivity contribution in [3.63, 3.8) is 0 Å². The van der Waals surface area contributed by atoms with E-state index in [2.05, 4.69) is 278 Å². The maximum absolute atomic E-state index is 2.63. The number of nitrogens with zero attached hydrogens (tertiary/aromatic N) is 2. The van der Waals surface area contributed by atoms with Crippen molar-refractivity contribution in [3.8, 4) is 44.5 Å². The Balaban J connectivity index is 0.895. The van der Waals surface area contributed by atoms with E-state index in [0.29, 0.717) is 11.8 Å². The van der Waals surface area contributed by atoms with E-state index in [1.54, 1.807) is 5.56 Å². The predicted octanol–water partition coefficient (Wildman–Crippen LogP) is 20.3. The molecule has 78 heavy (non-hydrogen) atoms. The molecule has 1 fully saturated rings. The van der Waals surface area contributed by atoms with Gasteiger partial charge in [0.15, 0.2) is 0 Å². The number of para-hydroxylation sites is 2. The van der Waals surface area contributed by atoms with Crippen LogP contribution in [-0.2, 0) is 23.7 Å². The maximum Gasteiger partial charge on any atom is 0.0505 e. The van der Waals surface area contributed by atoms with Gasteiger partial charge in [-0.2, -0.15) is 0 Å². The van der Waals surface area contributed by atoms with Crippen molar-refractivity contribution < 1.29 is 0 Å². The molecule has 0 aliphatic heterocycles. The lowest BCUT2D eigenvalue weighted by Gasteiger charge is -2.43. The fourth-order valence-electron chi connectivity index (χ4n) is 15.2. The summed E-state index contributed by atoms with van der Waals surface area (Å²) in [5.74, 6) is 0.949. The summed E-state index contributed by atoms with van der Waals surface area (Å²) in [4.78, 5) is 5.23. The Labute approximate surface area is 460 Å². The van der Waals surface area contributed by atoms with Gasteiger partial charge in [-0.3, -0.25) is 0 Å². The third-order valence-electron chi connectivity index (χ3n) is 18.6. The minimum Gasteiger partial charge on any atom is -0.310 e. The molecule has 0 radical (unpaired) electrons. The summed E-state index contributed by atoms with van der Waals surface area (Å²) in [6.45, 7) is 4.81. The first-order valence-electron chi connectivity index (χ1n) is 28.4. The van der Waals surface area contributed by atoms with E-state index in [4.69, 9.17) is 0 Å². The lowest BCUT2D eigenvalue weighted by molar-refractivity contribution is 0.258. The summed E-state index contributed by atoms with van der Waals surface area (Å²) in [7, 11) is 0. The second kappa shape index (κ2) is 18.5. The molecule has 4 aliphatic carbocycles. The summed E-state index contributed by atoms with van der Waals surface area (Å²) in [5, 5.41) is 2.49. The Morgan fingerprint density at radius 1 is 0.333 bits per heavy atom. The predicted molar refractivity (Wildman–Crippen MR) is 327 cm³/mol. The molecule has 0 heterocycles. The van der Waals surface area contributed by atoms with Gasteiger partial charge in [0.05, 0.1) is 11.4 Å². The quantitative estimate of drug-likeness (QED) is 0.142. The highest BCUT2D eigenvalue weighted by Crippen LogP contribution is 2.67. The normalized spacial score (nSPS) is 18.2. The molecule has 4 aliphatic rings. The summed E-state index contributed by atoms with van der Waals surface area (Å²) in [6.07, 6.45) is 7.15. The highest BCUT2D eigenvalue weighted by molar-refractivity contribution is 5.97. The largest absolute Gasteiger partial charge is 0.310 e. The highest BCUT2D eigenvalue weighted by Gasteiger charge is 2.59. The molecule has 11 aromatic carbocycles. The zero-order valence-electron chi connectivity index (χ0n) is 44.5. The van der Waals surface area contributed by atoms with Gasteiger partial charge in [0, 0.05) is 33.6 Å². The van der Waals surface area contributed by atoms with Gasteiger partial charge in [-0.15, -0.1) is 0 Å². The third-order valence-corrected chi connectivity index (χ3v) is 18.6. The second-order valence-electron chi connectivity index (χ2n) is 23.1. The fraction of sp³-hybridized carbons (Fsp3) is 0.158. The van der Waals surface area contributed by atoms with Crippen LogP contribution < -0.4 is 9.80 Å². The number of fused-ring (bicyclic) bond motifs is 6. The van der Waals surface area contributed by atoms with Crippen molar-refractivity contribution in [1.29, 1.82) is 0 Å². The molecular weight excluding hydrogens is 941 g/mol. The van der Waals surface area contributed by atoms with Gasteiger partial charge in [0.25, 0.3) is 0 Å². The highest BCUT2D eigenvalue weighted by atomic mass is 15.2. The van der Waals surface area contributed by atoms with Gasteiger partial charge in [0.1, 0.15) is 0 Å². The zero-order chi connectivity index (χ0) is 52.0. The van der Waals surface area contributed by atoms with Crippen LogP contribution in [0.1, 0.15) is 72.9 Å². The molecule has 15 rings (SSSR count). The van der Waals surface area contributed by atoms with Gasteiger partial charge < -0.3 is 9.80 Å². The van der Waals surface area contributed by atoms with E-state index in [1.807, 2.05) is 0 Å². The van der Waals surface area contributed by atoms with Crippen molar-refractivity contribution in [1.82, 2.24) is 0 Å². The zero-order valence-corrected chi connectivity index (χ0v) is 44.5. The van der Waals surface area contributed by atoms with Crippen molar-refractivity contribution in [3.05, 3.63) is 288 Å². The lowest BCUT2D eigenvalue weighted by atomic mass is 9.63. The smallest absolute Gasteiger partial charge is 0.0505 e. The molecule has 0 bridgehead atoms. The van der Waals surface area contributed by atoms with E-state index in [-0.39, 0.29) is 10.8 Å². The summed E-state index contributed by atoms with van der Waals surface area (Å²) in [6, 6.07) is 96.2. The standard InChI is InChI=1S/C76H62N2/c1-75(2)69-33-17-16-32-65(69)66-45-44-64(50-70(66)75)78(62-30-10-5-11-31-62)72-35-19-25-58-47-60-27-15-14-26-59-46-57-24-18-34-71(73(57)76(59,60)74(58)72)77(61-28-8-4-9-29-61)63-42-40-54(41-43-63)68-49-56-23-13-12-22-55(56)48-67(68)53-38-36-52(37-39-53)51-20-6-3-7-21-51/h3-13,16-25,28-45,48-50,59-60H,14-15,26-27,46-47H2,1-2H3. The first kappa shape index (κ1) is 46.6. The molecule has 0 saturated heterocycles. The Bertz CT molecular complexity index is 4050. The van der Waals surface area contributed by atoms with Gasteiger partial charge in [-0.05, 0) is 199 Å². The van der Waals surface area contributed by atoms with Crippen molar-refractivity contribution >= 4 is 44.9 Å². The fourth-order valence-corrected chi connectivity index (χ4v) is 15.2. The molecule has 1 saturated carbocycles. The number of hydrogen-bond donors (Lipinski definition) is 0. The van der Waals surface area contributed by atoms with Gasteiger partial charge >= 0.3 is 0 Å². The first-order valence-corrected chi connectivity index (χ1v) is 28.4. The molecule has 0 N–H and O–H groups in total. The Morgan fingerprint density at radius 2 is 0.769 bits per heavy atom. The van der Waals surface area contributed by atoms with Crippen LogP contribution in [0.2, 0.25) is 0 Å². The molecule has 3 unspecified atom stereocenters. The Kier molecular flexibility index (Phi) is 11.0. The SMILES string of the molecule is CC1(C)c2ccccc2-c2ccc(N(c3ccccc3)c3cccc4c3C35c6c(cccc6N(c6ccccc6)c6ccc(-c7cc8ccccc8cc7-c7ccc(-c8ccccc8)cc7)cc6)CC3CCCCC5C4)cc21. The van der Waals surface area contributed by atoms with Crippen LogP contribution in [0, 0.1) is 11.8 Å². The van der Waals surface area contributed by atoms with Crippen LogP contribution in [-0.4, -0.2) is 0 Å². The molecule has 3 atom stereocenters. The third kappa shape index (κ3) is 7.30. The van der Waals surface area contributed by atoms with Crippen molar-refractivity contribution in [2.75, 3.05) is 9.80 Å². The molecule has 0 amide bonds. The molecular formula is C76H62N2. The number of benzene rings is 11. The van der Waals surface area contributed by atoms with E-state index in [9.17, 15) is 0 Å². The van der Waals surface area contributed by atoms with E-state index in [1.165, 1.54) is 137 Å². The number of hydrogen-bond acceptors (Lipinski definition) is 2. The minimum absolute atomic E-state index is 0.121. The van der Waals surface area contributed by atoms with Crippen LogP contribution in [0.3, 0.4) is 0 Å². The second-order valence-corrected chi connectivity index (χ2v) is 23.1. The number of anilines is 6. The minimum atomic E-state index is -0.198. The van der Waals surface area contributed by atoms with Gasteiger partial charge in [-0.25, -0.2) is 0 Å².